The maximum absolute atomic E-state index is 12.5. The third-order valence-corrected chi connectivity index (χ3v) is 5.60. The summed E-state index contributed by atoms with van der Waals surface area (Å²) < 4.78 is 5.49. The molecule has 0 N–H and O–H groups in total. The smallest absolute Gasteiger partial charge is 0.185 e. The number of methoxy groups -OCH3 is 1. The van der Waals surface area contributed by atoms with E-state index in [1.54, 1.807) is 31.1 Å². The molecule has 3 aromatic rings. The summed E-state index contributed by atoms with van der Waals surface area (Å²) in [5.74, 6) is 2.03. The van der Waals surface area contributed by atoms with Crippen molar-refractivity contribution in [3.63, 3.8) is 0 Å². The topological polar surface area (TPSA) is 39.2 Å². The van der Waals surface area contributed by atoms with Crippen LogP contribution in [-0.4, -0.2) is 17.9 Å². The zero-order chi connectivity index (χ0) is 20.6. The van der Waals surface area contributed by atoms with Crippen molar-refractivity contribution in [2.75, 3.05) is 7.11 Å². The Kier molecular flexibility index (Phi) is 7.25. The van der Waals surface area contributed by atoms with Crippen LogP contribution in [0.5, 0.6) is 5.75 Å². The monoisotopic (exact) mass is 403 g/mol. The molecule has 29 heavy (non-hydrogen) atoms. The number of hydrogen-bond donors (Lipinski definition) is 0. The summed E-state index contributed by atoms with van der Waals surface area (Å²) in [6.45, 7) is 4.29. The van der Waals surface area contributed by atoms with Crippen LogP contribution in [-0.2, 0) is 5.75 Å². The van der Waals surface area contributed by atoms with E-state index in [2.05, 4.69) is 24.9 Å². The minimum absolute atomic E-state index is 0.000495. The second kappa shape index (κ2) is 10.1. The van der Waals surface area contributed by atoms with E-state index in [9.17, 15) is 4.79 Å². The van der Waals surface area contributed by atoms with E-state index in [0.29, 0.717) is 11.5 Å². The van der Waals surface area contributed by atoms with Gasteiger partial charge in [0.2, 0.25) is 0 Å². The molecular weight excluding hydrogens is 378 g/mol. The van der Waals surface area contributed by atoms with Crippen LogP contribution in [0.1, 0.15) is 46.8 Å². The van der Waals surface area contributed by atoms with Gasteiger partial charge in [-0.2, -0.15) is 0 Å². The van der Waals surface area contributed by atoms with E-state index in [1.807, 2.05) is 60.7 Å². The molecule has 0 fully saturated rings. The fraction of sp³-hybridized carbons (Fsp3) is 0.200. The van der Waals surface area contributed by atoms with Gasteiger partial charge in [0.05, 0.1) is 12.1 Å². The molecule has 1 aromatic heterocycles. The highest BCUT2D eigenvalue weighted by Crippen LogP contribution is 2.28. The van der Waals surface area contributed by atoms with Gasteiger partial charge in [0, 0.05) is 23.1 Å². The van der Waals surface area contributed by atoms with Gasteiger partial charge in [-0.25, -0.2) is 4.98 Å². The Bertz CT molecular complexity index is 979. The summed E-state index contributed by atoms with van der Waals surface area (Å²) in [7, 11) is 1.67. The molecule has 0 atom stereocenters. The first-order chi connectivity index (χ1) is 14.1. The quantitative estimate of drug-likeness (QED) is 0.248. The number of thioether (sulfide) groups is 1. The van der Waals surface area contributed by atoms with Gasteiger partial charge in [0.25, 0.3) is 0 Å². The van der Waals surface area contributed by atoms with E-state index in [1.165, 1.54) is 5.56 Å². The van der Waals surface area contributed by atoms with Gasteiger partial charge in [0.15, 0.2) is 5.78 Å². The first-order valence-electron chi connectivity index (χ1n) is 9.60. The predicted octanol–water partition coefficient (Wildman–Crippen LogP) is 6.40. The molecule has 3 nitrogen and oxygen atoms in total. The second-order valence-electron chi connectivity index (χ2n) is 7.00. The number of carbonyl (C=O) groups is 1. The maximum atomic E-state index is 12.5. The zero-order valence-electron chi connectivity index (χ0n) is 17.0. The van der Waals surface area contributed by atoms with E-state index in [4.69, 9.17) is 4.74 Å². The van der Waals surface area contributed by atoms with Crippen LogP contribution >= 0.6 is 11.8 Å². The van der Waals surface area contributed by atoms with Crippen LogP contribution < -0.4 is 4.74 Å². The van der Waals surface area contributed by atoms with Gasteiger partial charge < -0.3 is 4.74 Å². The Labute approximate surface area is 176 Å². The average Bonchev–Trinajstić information content (AvgIpc) is 2.76. The predicted molar refractivity (Wildman–Crippen MR) is 121 cm³/mol. The minimum Gasteiger partial charge on any atom is -0.496 e. The lowest BCUT2D eigenvalue weighted by molar-refractivity contribution is 0.104. The summed E-state index contributed by atoms with van der Waals surface area (Å²) in [5, 5.41) is 0.968. The van der Waals surface area contributed by atoms with Gasteiger partial charge in [0.1, 0.15) is 5.75 Å². The molecule has 1 heterocycles. The third-order valence-electron chi connectivity index (χ3n) is 4.61. The number of carbonyl (C=O) groups excluding carboxylic acids is 1. The first kappa shape index (κ1) is 20.9. The Balaban J connectivity index is 1.72. The van der Waals surface area contributed by atoms with Gasteiger partial charge >= 0.3 is 0 Å². The van der Waals surface area contributed by atoms with Crippen LogP contribution in [0.25, 0.3) is 6.08 Å². The van der Waals surface area contributed by atoms with Gasteiger partial charge in [-0.15, -0.1) is 11.8 Å². The lowest BCUT2D eigenvalue weighted by atomic mass is 10.00. The van der Waals surface area contributed by atoms with Crippen LogP contribution in [0, 0.1) is 0 Å². The molecule has 0 radical (unpaired) electrons. The molecule has 0 spiro atoms. The third kappa shape index (κ3) is 5.81. The van der Waals surface area contributed by atoms with Crippen molar-refractivity contribution in [2.45, 2.75) is 30.5 Å². The van der Waals surface area contributed by atoms with Crippen LogP contribution in [0.2, 0.25) is 0 Å². The standard InChI is InChI=1S/C25H25NO2S/c1-18(2)20-9-11-21(12-10-20)23(27)13-7-19-8-14-24(28-3)22(16-19)17-29-25-6-4-5-15-26-25/h4-16,18H,17H2,1-3H3/b13-7+. The first-order valence-corrected chi connectivity index (χ1v) is 10.6. The number of allylic oxidation sites excluding steroid dienone is 1. The molecule has 2 aromatic carbocycles. The Morgan fingerprint density at radius 3 is 2.55 bits per heavy atom. The van der Waals surface area contributed by atoms with Crippen LogP contribution in [0.4, 0.5) is 0 Å². The zero-order valence-corrected chi connectivity index (χ0v) is 17.8. The molecule has 0 bridgehead atoms. The fourth-order valence-electron chi connectivity index (χ4n) is 2.90. The molecule has 148 valence electrons. The summed E-state index contributed by atoms with van der Waals surface area (Å²) in [6.07, 6.45) is 5.27. The summed E-state index contributed by atoms with van der Waals surface area (Å²) in [4.78, 5) is 16.8. The van der Waals surface area contributed by atoms with Crippen molar-refractivity contribution < 1.29 is 9.53 Å². The van der Waals surface area contributed by atoms with Gasteiger partial charge in [-0.05, 0) is 47.4 Å². The highest BCUT2D eigenvalue weighted by molar-refractivity contribution is 7.98. The molecular formula is C25H25NO2S. The number of ether oxygens (including phenoxy) is 1. The van der Waals surface area contributed by atoms with Gasteiger partial charge in [-0.3, -0.25) is 4.79 Å². The number of aromatic nitrogens is 1. The summed E-state index contributed by atoms with van der Waals surface area (Å²) >= 11 is 1.65. The molecule has 0 aliphatic heterocycles. The average molecular weight is 404 g/mol. The lowest BCUT2D eigenvalue weighted by Gasteiger charge is -2.09. The Morgan fingerprint density at radius 1 is 1.10 bits per heavy atom. The van der Waals surface area contributed by atoms with Crippen molar-refractivity contribution in [2.24, 2.45) is 0 Å². The highest BCUT2D eigenvalue weighted by Gasteiger charge is 2.07. The molecule has 0 aliphatic carbocycles. The van der Waals surface area contributed by atoms with Crippen LogP contribution in [0.3, 0.4) is 0 Å². The maximum Gasteiger partial charge on any atom is 0.185 e. The second-order valence-corrected chi connectivity index (χ2v) is 8.00. The molecule has 3 rings (SSSR count). The Hall–Kier alpha value is -2.85. The number of benzene rings is 2. The Morgan fingerprint density at radius 2 is 1.90 bits per heavy atom. The normalized spacial score (nSPS) is 11.2. The number of hydrogen-bond acceptors (Lipinski definition) is 4. The molecule has 0 saturated heterocycles. The van der Waals surface area contributed by atoms with E-state index >= 15 is 0 Å². The van der Waals surface area contributed by atoms with Crippen molar-refractivity contribution in [1.29, 1.82) is 0 Å². The minimum atomic E-state index is 0.000495. The van der Waals surface area contributed by atoms with E-state index < -0.39 is 0 Å². The largest absolute Gasteiger partial charge is 0.496 e. The fourth-order valence-corrected chi connectivity index (χ4v) is 3.74. The van der Waals surface area contributed by atoms with Crippen molar-refractivity contribution in [1.82, 2.24) is 4.98 Å². The molecule has 0 amide bonds. The number of rotatable bonds is 8. The van der Waals surface area contributed by atoms with Crippen LogP contribution in [0.15, 0.2) is 78.0 Å². The lowest BCUT2D eigenvalue weighted by Crippen LogP contribution is -1.96. The van der Waals surface area contributed by atoms with Crippen molar-refractivity contribution in [3.8, 4) is 5.75 Å². The number of nitrogens with zero attached hydrogens (tertiary/aromatic N) is 1. The molecule has 0 saturated carbocycles. The highest BCUT2D eigenvalue weighted by atomic mass is 32.2. The molecule has 0 aliphatic rings. The SMILES string of the molecule is COc1ccc(/C=C/C(=O)c2ccc(C(C)C)cc2)cc1CSc1ccccn1. The van der Waals surface area contributed by atoms with Gasteiger partial charge in [-0.1, -0.05) is 56.3 Å². The number of ketones is 1. The molecule has 0 unspecified atom stereocenters. The summed E-state index contributed by atoms with van der Waals surface area (Å²) in [5.41, 5.74) is 3.97. The number of pyridine rings is 1. The van der Waals surface area contributed by atoms with Crippen molar-refractivity contribution >= 4 is 23.6 Å². The van der Waals surface area contributed by atoms with E-state index in [0.717, 1.165) is 27.7 Å². The summed E-state index contributed by atoms with van der Waals surface area (Å²) in [6, 6.07) is 19.7. The molecule has 4 heteroatoms. The van der Waals surface area contributed by atoms with Crippen molar-refractivity contribution in [3.05, 3.63) is 95.2 Å². The van der Waals surface area contributed by atoms with E-state index in [-0.39, 0.29) is 5.78 Å².